The van der Waals surface area contributed by atoms with E-state index >= 15 is 0 Å². The Morgan fingerprint density at radius 3 is 2.11 bits per heavy atom. The highest BCUT2D eigenvalue weighted by Crippen LogP contribution is 2.42. The van der Waals surface area contributed by atoms with Gasteiger partial charge in [0.2, 0.25) is 0 Å². The number of rotatable bonds is 2. The van der Waals surface area contributed by atoms with Crippen LogP contribution in [-0.4, -0.2) is 5.11 Å². The van der Waals surface area contributed by atoms with Crippen molar-refractivity contribution in [1.29, 1.82) is 0 Å². The van der Waals surface area contributed by atoms with Crippen molar-refractivity contribution in [2.24, 2.45) is 0 Å². The Bertz CT molecular complexity index is 987. The average Bonchev–Trinajstić information content (AvgIpc) is 2.67. The quantitative estimate of drug-likeness (QED) is 0.550. The predicted octanol–water partition coefficient (Wildman–Crippen LogP) is 6.60. The fourth-order valence-electron chi connectivity index (χ4n) is 3.94. The Morgan fingerprint density at radius 1 is 0.741 bits per heavy atom. The molecule has 0 aliphatic heterocycles. The van der Waals surface area contributed by atoms with Crippen molar-refractivity contribution >= 4 is 11.1 Å². The van der Waals surface area contributed by atoms with E-state index < -0.39 is 0 Å². The van der Waals surface area contributed by atoms with E-state index in [0.29, 0.717) is 5.75 Å². The molecule has 0 saturated carbocycles. The SMILES string of the molecule is CC(C)(C)c1ccc2c(c1)CCC(c1ccccc1)=C2c1ccc(O)cc1. The van der Waals surface area contributed by atoms with Crippen molar-refractivity contribution in [2.45, 2.75) is 39.0 Å². The van der Waals surface area contributed by atoms with E-state index in [9.17, 15) is 5.11 Å². The molecule has 4 rings (SSSR count). The van der Waals surface area contributed by atoms with Gasteiger partial charge in [0.1, 0.15) is 5.75 Å². The maximum Gasteiger partial charge on any atom is 0.115 e. The predicted molar refractivity (Wildman–Crippen MR) is 114 cm³/mol. The third kappa shape index (κ3) is 3.42. The maximum absolute atomic E-state index is 9.74. The number of hydrogen-bond acceptors (Lipinski definition) is 1. The Hall–Kier alpha value is -2.80. The summed E-state index contributed by atoms with van der Waals surface area (Å²) in [7, 11) is 0. The number of phenolic OH excluding ortho intramolecular Hbond substituents is 1. The van der Waals surface area contributed by atoms with Crippen molar-refractivity contribution in [3.05, 3.63) is 101 Å². The molecule has 0 aromatic heterocycles. The molecular formula is C26H26O. The number of phenols is 1. The van der Waals surface area contributed by atoms with Crippen molar-refractivity contribution in [3.8, 4) is 5.75 Å². The van der Waals surface area contributed by atoms with Gasteiger partial charge in [-0.05, 0) is 69.4 Å². The molecule has 0 spiro atoms. The lowest BCUT2D eigenvalue weighted by molar-refractivity contribution is 0.475. The van der Waals surface area contributed by atoms with Gasteiger partial charge in [0.15, 0.2) is 0 Å². The highest BCUT2D eigenvalue weighted by atomic mass is 16.3. The van der Waals surface area contributed by atoms with Crippen molar-refractivity contribution in [3.63, 3.8) is 0 Å². The van der Waals surface area contributed by atoms with E-state index in [2.05, 4.69) is 69.3 Å². The minimum absolute atomic E-state index is 0.150. The lowest BCUT2D eigenvalue weighted by atomic mass is 9.77. The molecule has 3 aromatic rings. The van der Waals surface area contributed by atoms with Crippen molar-refractivity contribution < 1.29 is 5.11 Å². The van der Waals surface area contributed by atoms with Crippen LogP contribution in [0, 0.1) is 0 Å². The largest absolute Gasteiger partial charge is 0.508 e. The summed E-state index contributed by atoms with van der Waals surface area (Å²) in [4.78, 5) is 0. The highest BCUT2D eigenvalue weighted by molar-refractivity contribution is 6.00. The van der Waals surface area contributed by atoms with Crippen LogP contribution in [-0.2, 0) is 11.8 Å². The smallest absolute Gasteiger partial charge is 0.115 e. The molecule has 1 aliphatic rings. The fourth-order valence-corrected chi connectivity index (χ4v) is 3.94. The molecule has 136 valence electrons. The third-order valence-corrected chi connectivity index (χ3v) is 5.46. The first-order chi connectivity index (χ1) is 12.9. The van der Waals surface area contributed by atoms with Gasteiger partial charge in [-0.1, -0.05) is 81.4 Å². The van der Waals surface area contributed by atoms with Crippen LogP contribution in [0.2, 0.25) is 0 Å². The molecule has 0 amide bonds. The Labute approximate surface area is 162 Å². The summed E-state index contributed by atoms with van der Waals surface area (Å²) in [5.74, 6) is 0.305. The van der Waals surface area contributed by atoms with E-state index in [1.54, 1.807) is 12.1 Å². The molecule has 27 heavy (non-hydrogen) atoms. The zero-order valence-corrected chi connectivity index (χ0v) is 16.3. The minimum Gasteiger partial charge on any atom is -0.508 e. The number of aromatic hydroxyl groups is 1. The van der Waals surface area contributed by atoms with Crippen LogP contribution in [0.4, 0.5) is 0 Å². The van der Waals surface area contributed by atoms with E-state index in [-0.39, 0.29) is 5.41 Å². The molecule has 0 heterocycles. The molecular weight excluding hydrogens is 328 g/mol. The highest BCUT2D eigenvalue weighted by Gasteiger charge is 2.23. The number of aryl methyl sites for hydroxylation is 1. The molecule has 0 bridgehead atoms. The van der Waals surface area contributed by atoms with Crippen molar-refractivity contribution in [1.82, 2.24) is 0 Å². The lowest BCUT2D eigenvalue weighted by Crippen LogP contribution is -2.13. The number of allylic oxidation sites excluding steroid dienone is 1. The second-order valence-electron chi connectivity index (χ2n) is 8.39. The van der Waals surface area contributed by atoms with Crippen LogP contribution in [0.15, 0.2) is 72.8 Å². The average molecular weight is 354 g/mol. The number of fused-ring (bicyclic) bond motifs is 1. The van der Waals surface area contributed by atoms with Gasteiger partial charge in [0.25, 0.3) is 0 Å². The minimum atomic E-state index is 0.150. The number of benzene rings is 3. The molecule has 0 saturated heterocycles. The summed E-state index contributed by atoms with van der Waals surface area (Å²) in [5.41, 5.74) is 9.40. The van der Waals surface area contributed by atoms with Crippen LogP contribution >= 0.6 is 0 Å². The second kappa shape index (κ2) is 6.74. The third-order valence-electron chi connectivity index (χ3n) is 5.46. The Morgan fingerprint density at radius 2 is 1.44 bits per heavy atom. The molecule has 3 aromatic carbocycles. The lowest BCUT2D eigenvalue weighted by Gasteiger charge is -2.27. The maximum atomic E-state index is 9.74. The summed E-state index contributed by atoms with van der Waals surface area (Å²) in [6, 6.07) is 25.2. The normalized spacial score (nSPS) is 14.2. The van der Waals surface area contributed by atoms with Crippen LogP contribution in [0.5, 0.6) is 5.75 Å². The first-order valence-electron chi connectivity index (χ1n) is 9.65. The van der Waals surface area contributed by atoms with Gasteiger partial charge in [-0.2, -0.15) is 0 Å². The molecule has 1 N–H and O–H groups in total. The van der Waals surface area contributed by atoms with Gasteiger partial charge in [-0.25, -0.2) is 0 Å². The molecule has 1 aliphatic carbocycles. The zero-order chi connectivity index (χ0) is 19.0. The van der Waals surface area contributed by atoms with E-state index in [4.69, 9.17) is 0 Å². The standard InChI is InChI=1S/C26H26O/c1-26(2,3)21-12-16-24-20(17-21)11-15-23(18-7-5-4-6-8-18)25(24)19-9-13-22(27)14-10-19/h4-10,12-14,16-17,27H,11,15H2,1-3H3. The molecule has 1 nitrogen and oxygen atoms in total. The van der Waals surface area contributed by atoms with Crippen LogP contribution in [0.1, 0.15) is 55.0 Å². The first kappa shape index (κ1) is 17.6. The summed E-state index contributed by atoms with van der Waals surface area (Å²) in [6.45, 7) is 6.80. The Balaban J connectivity index is 1.94. The van der Waals surface area contributed by atoms with E-state index in [0.717, 1.165) is 18.4 Å². The molecule has 1 heteroatoms. The van der Waals surface area contributed by atoms with Crippen LogP contribution < -0.4 is 0 Å². The van der Waals surface area contributed by atoms with Gasteiger partial charge in [-0.15, -0.1) is 0 Å². The zero-order valence-electron chi connectivity index (χ0n) is 16.3. The summed E-state index contributed by atoms with van der Waals surface area (Å²) < 4.78 is 0. The number of hydrogen-bond donors (Lipinski definition) is 1. The Kier molecular flexibility index (Phi) is 4.39. The van der Waals surface area contributed by atoms with Gasteiger partial charge in [0.05, 0.1) is 0 Å². The molecule has 0 fully saturated rings. The van der Waals surface area contributed by atoms with E-state index in [1.165, 1.54) is 33.4 Å². The van der Waals surface area contributed by atoms with Crippen molar-refractivity contribution in [2.75, 3.05) is 0 Å². The molecule has 0 unspecified atom stereocenters. The van der Waals surface area contributed by atoms with Crippen LogP contribution in [0.25, 0.3) is 11.1 Å². The van der Waals surface area contributed by atoms with E-state index in [1.807, 2.05) is 12.1 Å². The summed E-state index contributed by atoms with van der Waals surface area (Å²) in [5, 5.41) is 9.74. The topological polar surface area (TPSA) is 20.2 Å². The summed E-state index contributed by atoms with van der Waals surface area (Å²) >= 11 is 0. The van der Waals surface area contributed by atoms with Gasteiger partial charge >= 0.3 is 0 Å². The van der Waals surface area contributed by atoms with Gasteiger partial charge in [-0.3, -0.25) is 0 Å². The van der Waals surface area contributed by atoms with Crippen LogP contribution in [0.3, 0.4) is 0 Å². The second-order valence-corrected chi connectivity index (χ2v) is 8.39. The first-order valence-corrected chi connectivity index (χ1v) is 9.65. The van der Waals surface area contributed by atoms with Gasteiger partial charge < -0.3 is 5.11 Å². The summed E-state index contributed by atoms with van der Waals surface area (Å²) in [6.07, 6.45) is 2.09. The monoisotopic (exact) mass is 354 g/mol. The molecule has 0 radical (unpaired) electrons. The molecule has 0 atom stereocenters. The van der Waals surface area contributed by atoms with Gasteiger partial charge in [0, 0.05) is 0 Å². The fraction of sp³-hybridized carbons (Fsp3) is 0.231.